The smallest absolute Gasteiger partial charge is 0.296 e. The lowest BCUT2D eigenvalue weighted by Gasteiger charge is -2.06. The topological polar surface area (TPSA) is 30.0 Å². The molecule has 0 amide bonds. The summed E-state index contributed by atoms with van der Waals surface area (Å²) in [5.41, 5.74) is 0.148. The number of halogens is 3. The Balaban J connectivity index is 2.32. The average molecular weight is 257 g/mol. The van der Waals surface area contributed by atoms with Crippen LogP contribution in [0.2, 0.25) is 0 Å². The van der Waals surface area contributed by atoms with Gasteiger partial charge in [0.25, 0.3) is 0 Å². The maximum atomic E-state index is 12.3. The summed E-state index contributed by atoms with van der Waals surface area (Å²) in [6.07, 6.45) is -3.74. The molecule has 6 heteroatoms. The van der Waals surface area contributed by atoms with Crippen LogP contribution in [0.25, 0.3) is 10.6 Å². The lowest BCUT2D eigenvalue weighted by molar-refractivity contribution is -0.137. The van der Waals surface area contributed by atoms with E-state index in [0.29, 0.717) is 16.9 Å². The predicted molar refractivity (Wildman–Crippen MR) is 57.9 cm³/mol. The lowest BCUT2D eigenvalue weighted by Crippen LogP contribution is -2.03. The van der Waals surface area contributed by atoms with Crippen LogP contribution in [0.1, 0.15) is 16.1 Å². The minimum absolute atomic E-state index is 0.282. The van der Waals surface area contributed by atoms with Gasteiger partial charge in [-0.25, -0.2) is 4.98 Å². The van der Waals surface area contributed by atoms with Crippen molar-refractivity contribution in [1.82, 2.24) is 4.98 Å². The van der Waals surface area contributed by atoms with Gasteiger partial charge in [-0.2, -0.15) is 13.2 Å². The van der Waals surface area contributed by atoms with E-state index in [2.05, 4.69) is 4.98 Å². The monoisotopic (exact) mass is 257 g/mol. The molecule has 2 rings (SSSR count). The van der Waals surface area contributed by atoms with Crippen LogP contribution in [-0.4, -0.2) is 11.3 Å². The minimum atomic E-state index is -4.34. The van der Waals surface area contributed by atoms with Gasteiger partial charge in [0.15, 0.2) is 6.29 Å². The molecule has 0 bridgehead atoms. The molecular weight excluding hydrogens is 251 g/mol. The third kappa shape index (κ3) is 2.52. The third-order valence-corrected chi connectivity index (χ3v) is 3.01. The highest BCUT2D eigenvalue weighted by Gasteiger charge is 2.30. The third-order valence-electron chi connectivity index (χ3n) is 2.10. The van der Waals surface area contributed by atoms with Gasteiger partial charge in [0.05, 0.1) is 5.56 Å². The fraction of sp³-hybridized carbons (Fsp3) is 0.0909. The van der Waals surface area contributed by atoms with Gasteiger partial charge in [0.1, 0.15) is 10.7 Å². The molecule has 0 saturated carbocycles. The Morgan fingerprint density at radius 1 is 1.18 bits per heavy atom. The lowest BCUT2D eigenvalue weighted by atomic mass is 10.1. The van der Waals surface area contributed by atoms with Crippen molar-refractivity contribution in [2.75, 3.05) is 0 Å². The van der Waals surface area contributed by atoms with Crippen molar-refractivity contribution in [1.29, 1.82) is 0 Å². The van der Waals surface area contributed by atoms with E-state index in [4.69, 9.17) is 0 Å². The second kappa shape index (κ2) is 4.29. The van der Waals surface area contributed by atoms with Crippen molar-refractivity contribution in [2.45, 2.75) is 6.18 Å². The quantitative estimate of drug-likeness (QED) is 0.769. The Kier molecular flexibility index (Phi) is 2.97. The number of nitrogens with zero attached hydrogens (tertiary/aromatic N) is 1. The number of aromatic nitrogens is 1. The molecule has 0 spiro atoms. The van der Waals surface area contributed by atoms with Crippen molar-refractivity contribution in [2.24, 2.45) is 0 Å². The molecule has 2 nitrogen and oxygen atoms in total. The van der Waals surface area contributed by atoms with E-state index < -0.39 is 11.7 Å². The second-order valence-corrected chi connectivity index (χ2v) is 4.13. The number of alkyl halides is 3. The predicted octanol–water partition coefficient (Wildman–Crippen LogP) is 3.64. The van der Waals surface area contributed by atoms with Crippen molar-refractivity contribution < 1.29 is 18.0 Å². The summed E-state index contributed by atoms with van der Waals surface area (Å²) in [4.78, 5) is 14.4. The van der Waals surface area contributed by atoms with Crippen LogP contribution in [0.4, 0.5) is 13.2 Å². The molecular formula is C11H6F3NOS. The van der Waals surface area contributed by atoms with Crippen LogP contribution < -0.4 is 0 Å². The first-order chi connectivity index (χ1) is 8.00. The Bertz CT molecular complexity index is 530. The second-order valence-electron chi connectivity index (χ2n) is 3.27. The van der Waals surface area contributed by atoms with Crippen LogP contribution in [0.3, 0.4) is 0 Å². The number of hydrogen-bond donors (Lipinski definition) is 0. The highest BCUT2D eigenvalue weighted by molar-refractivity contribution is 7.13. The van der Waals surface area contributed by atoms with E-state index in [9.17, 15) is 18.0 Å². The molecule has 1 aromatic carbocycles. The Labute approximate surface area is 98.7 Å². The van der Waals surface area contributed by atoms with Gasteiger partial charge < -0.3 is 0 Å². The van der Waals surface area contributed by atoms with Gasteiger partial charge >= 0.3 is 6.18 Å². The summed E-state index contributed by atoms with van der Waals surface area (Å²) >= 11 is 1.22. The van der Waals surface area contributed by atoms with E-state index in [1.54, 1.807) is 5.38 Å². The zero-order valence-electron chi connectivity index (χ0n) is 8.36. The molecule has 0 atom stereocenters. The fourth-order valence-corrected chi connectivity index (χ4v) is 2.05. The molecule has 0 aliphatic rings. The van der Waals surface area contributed by atoms with Crippen molar-refractivity contribution in [3.8, 4) is 10.6 Å². The highest BCUT2D eigenvalue weighted by Crippen LogP contribution is 2.31. The van der Waals surface area contributed by atoms with Crippen LogP contribution >= 0.6 is 11.3 Å². The van der Waals surface area contributed by atoms with Crippen molar-refractivity contribution >= 4 is 17.6 Å². The first kappa shape index (κ1) is 11.8. The summed E-state index contributed by atoms with van der Waals surface area (Å²) in [6, 6.07) is 4.68. The SMILES string of the molecule is O=Cc1csc(-c2ccc(C(F)(F)F)cc2)n1. The van der Waals surface area contributed by atoms with Crippen LogP contribution in [0, 0.1) is 0 Å². The number of hydrogen-bond acceptors (Lipinski definition) is 3. The number of benzene rings is 1. The number of thiazole rings is 1. The summed E-state index contributed by atoms with van der Waals surface area (Å²) in [5.74, 6) is 0. The molecule has 17 heavy (non-hydrogen) atoms. The van der Waals surface area contributed by atoms with E-state index in [-0.39, 0.29) is 5.69 Å². The average Bonchev–Trinajstić information content (AvgIpc) is 2.76. The summed E-state index contributed by atoms with van der Waals surface area (Å²) in [7, 11) is 0. The summed E-state index contributed by atoms with van der Waals surface area (Å²) in [5, 5.41) is 2.08. The standard InChI is InChI=1S/C11H6F3NOS/c12-11(13,14)8-3-1-7(2-4-8)10-15-9(5-16)6-17-10/h1-6H. The van der Waals surface area contributed by atoms with Gasteiger partial charge in [-0.1, -0.05) is 12.1 Å². The number of carbonyl (C=O) groups is 1. The molecule has 88 valence electrons. The molecule has 2 aromatic rings. The molecule has 1 heterocycles. The van der Waals surface area contributed by atoms with E-state index in [1.807, 2.05) is 0 Å². The molecule has 0 N–H and O–H groups in total. The largest absolute Gasteiger partial charge is 0.416 e. The molecule has 0 aliphatic carbocycles. The van der Waals surface area contributed by atoms with E-state index in [1.165, 1.54) is 23.5 Å². The highest BCUT2D eigenvalue weighted by atomic mass is 32.1. The number of carbonyl (C=O) groups excluding carboxylic acids is 1. The molecule has 1 aromatic heterocycles. The van der Waals surface area contributed by atoms with Crippen LogP contribution in [-0.2, 0) is 6.18 Å². The zero-order valence-corrected chi connectivity index (χ0v) is 9.18. The Morgan fingerprint density at radius 3 is 2.29 bits per heavy atom. The maximum absolute atomic E-state index is 12.3. The van der Waals surface area contributed by atoms with E-state index >= 15 is 0 Å². The molecule has 0 aliphatic heterocycles. The van der Waals surface area contributed by atoms with Crippen LogP contribution in [0.5, 0.6) is 0 Å². The zero-order chi connectivity index (χ0) is 12.5. The first-order valence-electron chi connectivity index (χ1n) is 4.59. The summed E-state index contributed by atoms with van der Waals surface area (Å²) < 4.78 is 37.0. The normalized spacial score (nSPS) is 11.5. The van der Waals surface area contributed by atoms with Gasteiger partial charge in [-0.05, 0) is 12.1 Å². The van der Waals surface area contributed by atoms with Gasteiger partial charge in [-0.3, -0.25) is 4.79 Å². The van der Waals surface area contributed by atoms with Crippen molar-refractivity contribution in [3.63, 3.8) is 0 Å². The van der Waals surface area contributed by atoms with Crippen LogP contribution in [0.15, 0.2) is 29.6 Å². The molecule has 0 unspecified atom stereocenters. The molecule has 0 saturated heterocycles. The maximum Gasteiger partial charge on any atom is 0.416 e. The fourth-order valence-electron chi connectivity index (χ4n) is 1.27. The minimum Gasteiger partial charge on any atom is -0.296 e. The molecule has 0 radical (unpaired) electrons. The molecule has 0 fully saturated rings. The summed E-state index contributed by atoms with van der Waals surface area (Å²) in [6.45, 7) is 0. The first-order valence-corrected chi connectivity index (χ1v) is 5.47. The Hall–Kier alpha value is -1.69. The Morgan fingerprint density at radius 2 is 1.82 bits per heavy atom. The van der Waals surface area contributed by atoms with E-state index in [0.717, 1.165) is 12.1 Å². The number of rotatable bonds is 2. The van der Waals surface area contributed by atoms with Gasteiger partial charge in [0.2, 0.25) is 0 Å². The number of aldehydes is 1. The van der Waals surface area contributed by atoms with Crippen molar-refractivity contribution in [3.05, 3.63) is 40.9 Å². The van der Waals surface area contributed by atoms with Gasteiger partial charge in [0, 0.05) is 10.9 Å². The van der Waals surface area contributed by atoms with Gasteiger partial charge in [-0.15, -0.1) is 11.3 Å².